The number of para-hydroxylation sites is 1. The maximum absolute atomic E-state index is 12.6. The van der Waals surface area contributed by atoms with Gasteiger partial charge in [-0.05, 0) is 29.8 Å². The Labute approximate surface area is 137 Å². The third-order valence-electron chi connectivity index (χ3n) is 3.16. The first-order valence-electron chi connectivity index (χ1n) is 6.94. The molecule has 124 valence electrons. The molecular weight excluding hydrogens is 318 g/mol. The van der Waals surface area contributed by atoms with Gasteiger partial charge in [0.2, 0.25) is 0 Å². The van der Waals surface area contributed by atoms with Crippen LogP contribution in [0.5, 0.6) is 11.5 Å². The van der Waals surface area contributed by atoms with Gasteiger partial charge < -0.3 is 14.8 Å². The Bertz CT molecular complexity index is 773. The Morgan fingerprint density at radius 2 is 2.04 bits per heavy atom. The van der Waals surface area contributed by atoms with Crippen LogP contribution in [0.4, 0.5) is 8.78 Å². The molecule has 0 saturated heterocycles. The van der Waals surface area contributed by atoms with Crippen LogP contribution in [0.3, 0.4) is 0 Å². The fraction of sp³-hybridized carbons (Fsp3) is 0.176. The molecule has 0 aromatic heterocycles. The molecule has 0 bridgehead atoms. The van der Waals surface area contributed by atoms with E-state index in [2.05, 4.69) is 10.1 Å². The highest BCUT2D eigenvalue weighted by Crippen LogP contribution is 2.32. The summed E-state index contributed by atoms with van der Waals surface area (Å²) in [5, 5.41) is 11.5. The quantitative estimate of drug-likeness (QED) is 0.882. The van der Waals surface area contributed by atoms with Crippen molar-refractivity contribution in [2.45, 2.75) is 13.2 Å². The average Bonchev–Trinajstić information content (AvgIpc) is 2.59. The van der Waals surface area contributed by atoms with Crippen molar-refractivity contribution < 1.29 is 23.0 Å². The predicted molar refractivity (Wildman–Crippen MR) is 82.0 cm³/mol. The Balaban J connectivity index is 2.18. The molecule has 0 atom stereocenters. The van der Waals surface area contributed by atoms with Crippen LogP contribution in [-0.2, 0) is 6.54 Å². The molecule has 2 aromatic rings. The maximum atomic E-state index is 12.6. The highest BCUT2D eigenvalue weighted by Gasteiger charge is 2.20. The number of nitrogens with zero attached hydrogens (tertiary/aromatic N) is 1. The van der Waals surface area contributed by atoms with Crippen molar-refractivity contribution in [3.8, 4) is 17.6 Å². The van der Waals surface area contributed by atoms with E-state index in [9.17, 15) is 13.6 Å². The molecule has 0 heterocycles. The largest absolute Gasteiger partial charge is 0.493 e. The molecule has 1 N–H and O–H groups in total. The zero-order valence-electron chi connectivity index (χ0n) is 12.8. The van der Waals surface area contributed by atoms with Gasteiger partial charge in [0.05, 0.1) is 24.3 Å². The first-order chi connectivity index (χ1) is 11.5. The molecule has 24 heavy (non-hydrogen) atoms. The highest BCUT2D eigenvalue weighted by atomic mass is 19.3. The van der Waals surface area contributed by atoms with Crippen LogP contribution in [0.1, 0.15) is 21.5 Å². The van der Waals surface area contributed by atoms with Gasteiger partial charge in [-0.25, -0.2) is 0 Å². The number of rotatable bonds is 6. The van der Waals surface area contributed by atoms with Gasteiger partial charge in [-0.1, -0.05) is 18.2 Å². The van der Waals surface area contributed by atoms with E-state index in [4.69, 9.17) is 10.00 Å². The Morgan fingerprint density at radius 1 is 1.29 bits per heavy atom. The zero-order valence-corrected chi connectivity index (χ0v) is 12.8. The summed E-state index contributed by atoms with van der Waals surface area (Å²) in [6.07, 6.45) is 0. The number of carbonyl (C=O) groups excluding carboxylic acids is 1. The number of carbonyl (C=O) groups is 1. The Morgan fingerprint density at radius 3 is 2.71 bits per heavy atom. The van der Waals surface area contributed by atoms with Crippen molar-refractivity contribution in [3.05, 3.63) is 59.2 Å². The number of ether oxygens (including phenoxy) is 2. The third-order valence-corrected chi connectivity index (χ3v) is 3.16. The lowest BCUT2D eigenvalue weighted by Gasteiger charge is -2.14. The predicted octanol–water partition coefficient (Wildman–Crippen LogP) is 3.10. The van der Waals surface area contributed by atoms with Gasteiger partial charge in [-0.2, -0.15) is 14.0 Å². The summed E-state index contributed by atoms with van der Waals surface area (Å²) in [7, 11) is 1.29. The van der Waals surface area contributed by atoms with E-state index in [0.717, 1.165) is 0 Å². The van der Waals surface area contributed by atoms with Crippen LogP contribution < -0.4 is 14.8 Å². The topological polar surface area (TPSA) is 71.3 Å². The standard InChI is InChI=1S/C17H14F2N2O3/c1-23-14-7-3-6-13(15(14)24-17(18)19)16(22)21-10-12-5-2-4-11(8-12)9-20/h2-8,17H,10H2,1H3,(H,21,22). The molecule has 0 unspecified atom stereocenters. The van der Waals surface area contributed by atoms with Crippen LogP contribution in [-0.4, -0.2) is 19.6 Å². The number of hydrogen-bond acceptors (Lipinski definition) is 4. The van der Waals surface area contributed by atoms with Gasteiger partial charge in [0, 0.05) is 6.54 Å². The van der Waals surface area contributed by atoms with E-state index in [1.807, 2.05) is 6.07 Å². The fourth-order valence-corrected chi connectivity index (χ4v) is 2.09. The van der Waals surface area contributed by atoms with Crippen molar-refractivity contribution in [1.82, 2.24) is 5.32 Å². The smallest absolute Gasteiger partial charge is 0.387 e. The summed E-state index contributed by atoms with van der Waals surface area (Å²) < 4.78 is 34.5. The normalized spacial score (nSPS) is 10.1. The van der Waals surface area contributed by atoms with Gasteiger partial charge in [0.15, 0.2) is 11.5 Å². The highest BCUT2D eigenvalue weighted by molar-refractivity contribution is 5.97. The number of methoxy groups -OCH3 is 1. The first-order valence-corrected chi connectivity index (χ1v) is 6.94. The summed E-state index contributed by atoms with van der Waals surface area (Å²) in [6, 6.07) is 13.0. The molecule has 2 aromatic carbocycles. The maximum Gasteiger partial charge on any atom is 0.387 e. The molecule has 0 aliphatic rings. The van der Waals surface area contributed by atoms with Crippen LogP contribution in [0, 0.1) is 11.3 Å². The van der Waals surface area contributed by atoms with Crippen LogP contribution in [0.25, 0.3) is 0 Å². The lowest BCUT2D eigenvalue weighted by molar-refractivity contribution is -0.0515. The molecular formula is C17H14F2N2O3. The van der Waals surface area contributed by atoms with Crippen molar-refractivity contribution in [2.24, 2.45) is 0 Å². The molecule has 0 aliphatic carbocycles. The number of nitriles is 1. The van der Waals surface area contributed by atoms with Crippen LogP contribution in [0.15, 0.2) is 42.5 Å². The first kappa shape index (κ1) is 17.2. The molecule has 0 aliphatic heterocycles. The minimum absolute atomic E-state index is 0.0365. The number of nitrogens with one attached hydrogen (secondary N) is 1. The number of amides is 1. The number of halogens is 2. The van der Waals surface area contributed by atoms with Crippen LogP contribution >= 0.6 is 0 Å². The third kappa shape index (κ3) is 4.20. The minimum atomic E-state index is -3.08. The van der Waals surface area contributed by atoms with E-state index in [1.54, 1.807) is 24.3 Å². The summed E-state index contributed by atoms with van der Waals surface area (Å²) in [6.45, 7) is -2.94. The summed E-state index contributed by atoms with van der Waals surface area (Å²) in [5.74, 6) is -0.875. The van der Waals surface area contributed by atoms with Gasteiger partial charge in [-0.15, -0.1) is 0 Å². The zero-order chi connectivity index (χ0) is 17.5. The van der Waals surface area contributed by atoms with Crippen molar-refractivity contribution in [3.63, 3.8) is 0 Å². The average molecular weight is 332 g/mol. The number of benzene rings is 2. The number of alkyl halides is 2. The Hall–Kier alpha value is -3.14. The summed E-state index contributed by atoms with van der Waals surface area (Å²) in [5.41, 5.74) is 1.11. The molecule has 1 amide bonds. The van der Waals surface area contributed by atoms with Gasteiger partial charge >= 0.3 is 6.61 Å². The Kier molecular flexibility index (Phi) is 5.68. The van der Waals surface area contributed by atoms with Crippen molar-refractivity contribution in [2.75, 3.05) is 7.11 Å². The SMILES string of the molecule is COc1cccc(C(=O)NCc2cccc(C#N)c2)c1OC(F)F. The van der Waals surface area contributed by atoms with Gasteiger partial charge in [-0.3, -0.25) is 4.79 Å². The molecule has 0 radical (unpaired) electrons. The molecule has 0 spiro atoms. The van der Waals surface area contributed by atoms with Gasteiger partial charge in [0.25, 0.3) is 5.91 Å². The molecule has 7 heteroatoms. The number of hydrogen-bond donors (Lipinski definition) is 1. The summed E-state index contributed by atoms with van der Waals surface area (Å²) >= 11 is 0. The van der Waals surface area contributed by atoms with Crippen molar-refractivity contribution in [1.29, 1.82) is 5.26 Å². The molecule has 2 rings (SSSR count). The van der Waals surface area contributed by atoms with E-state index >= 15 is 0 Å². The van der Waals surface area contributed by atoms with E-state index in [-0.39, 0.29) is 23.6 Å². The second-order valence-corrected chi connectivity index (χ2v) is 4.71. The van der Waals surface area contributed by atoms with Gasteiger partial charge in [0.1, 0.15) is 0 Å². The second kappa shape index (κ2) is 7.92. The lowest BCUT2D eigenvalue weighted by Crippen LogP contribution is -2.24. The fourth-order valence-electron chi connectivity index (χ4n) is 2.09. The summed E-state index contributed by atoms with van der Waals surface area (Å²) in [4.78, 5) is 12.3. The van der Waals surface area contributed by atoms with E-state index < -0.39 is 12.5 Å². The monoisotopic (exact) mass is 332 g/mol. The van der Waals surface area contributed by atoms with E-state index in [0.29, 0.717) is 11.1 Å². The van der Waals surface area contributed by atoms with Crippen LogP contribution in [0.2, 0.25) is 0 Å². The second-order valence-electron chi connectivity index (χ2n) is 4.71. The lowest BCUT2D eigenvalue weighted by atomic mass is 10.1. The van der Waals surface area contributed by atoms with Crippen molar-refractivity contribution >= 4 is 5.91 Å². The molecule has 5 nitrogen and oxygen atoms in total. The van der Waals surface area contributed by atoms with E-state index in [1.165, 1.54) is 25.3 Å². The molecule has 0 saturated carbocycles. The minimum Gasteiger partial charge on any atom is -0.493 e. The molecule has 0 fully saturated rings.